The Morgan fingerprint density at radius 1 is 1.14 bits per heavy atom. The van der Waals surface area contributed by atoms with Crippen molar-refractivity contribution in [2.24, 2.45) is 5.92 Å². The Hall–Kier alpha value is -2.12. The SMILES string of the molecule is CC(CN(CCCO)C(=O)OC(C)(C)C)CS(=O)(=O)c1cccc2ccccc12. The molecule has 6 nitrogen and oxygen atoms in total. The van der Waals surface area contributed by atoms with Gasteiger partial charge in [-0.05, 0) is 44.6 Å². The summed E-state index contributed by atoms with van der Waals surface area (Å²) >= 11 is 0. The molecule has 1 unspecified atom stereocenters. The maximum absolute atomic E-state index is 13.1. The Balaban J connectivity index is 2.17. The van der Waals surface area contributed by atoms with Gasteiger partial charge in [0.25, 0.3) is 0 Å². The molecule has 1 N–H and O–H groups in total. The number of benzene rings is 2. The fourth-order valence-electron chi connectivity index (χ4n) is 3.21. The zero-order chi connectivity index (χ0) is 21.7. The van der Waals surface area contributed by atoms with E-state index in [2.05, 4.69) is 0 Å². The topological polar surface area (TPSA) is 83.9 Å². The highest BCUT2D eigenvalue weighted by Gasteiger charge is 2.26. The van der Waals surface area contributed by atoms with E-state index in [9.17, 15) is 13.2 Å². The van der Waals surface area contributed by atoms with Gasteiger partial charge in [-0.1, -0.05) is 43.3 Å². The first-order chi connectivity index (χ1) is 13.5. The quantitative estimate of drug-likeness (QED) is 0.699. The van der Waals surface area contributed by atoms with Crippen LogP contribution in [0.2, 0.25) is 0 Å². The molecule has 2 aromatic carbocycles. The van der Waals surface area contributed by atoms with Crippen LogP contribution in [0.25, 0.3) is 10.8 Å². The van der Waals surface area contributed by atoms with E-state index >= 15 is 0 Å². The third kappa shape index (κ3) is 6.72. The minimum atomic E-state index is -3.54. The van der Waals surface area contributed by atoms with Crippen LogP contribution in [-0.2, 0) is 14.6 Å². The van der Waals surface area contributed by atoms with Crippen LogP contribution in [0.1, 0.15) is 34.1 Å². The number of aliphatic hydroxyl groups is 1. The lowest BCUT2D eigenvalue weighted by atomic mass is 10.1. The first kappa shape index (κ1) is 23.2. The number of nitrogens with zero attached hydrogens (tertiary/aromatic N) is 1. The fourth-order valence-corrected chi connectivity index (χ4v) is 5.05. The Labute approximate surface area is 173 Å². The normalized spacial score (nSPS) is 13.3. The van der Waals surface area contributed by atoms with Crippen LogP contribution in [0.3, 0.4) is 0 Å². The molecule has 2 aromatic rings. The molecule has 0 aliphatic heterocycles. The summed E-state index contributed by atoms with van der Waals surface area (Å²) in [5.41, 5.74) is -0.646. The number of aliphatic hydroxyl groups excluding tert-OH is 1. The van der Waals surface area contributed by atoms with E-state index in [0.717, 1.165) is 5.39 Å². The monoisotopic (exact) mass is 421 g/mol. The molecule has 0 spiro atoms. The largest absolute Gasteiger partial charge is 0.444 e. The standard InChI is InChI=1S/C22H31NO5S/c1-17(15-23(13-8-14-24)21(25)28-22(2,3)4)16-29(26,27)20-12-7-10-18-9-5-6-11-19(18)20/h5-7,9-12,17,24H,8,13-16H2,1-4H3. The van der Waals surface area contributed by atoms with Crippen LogP contribution in [-0.4, -0.2) is 55.6 Å². The van der Waals surface area contributed by atoms with Gasteiger partial charge < -0.3 is 14.7 Å². The lowest BCUT2D eigenvalue weighted by Gasteiger charge is -2.29. The summed E-state index contributed by atoms with van der Waals surface area (Å²) in [6.07, 6.45) is -0.0949. The highest BCUT2D eigenvalue weighted by atomic mass is 32.2. The molecule has 7 heteroatoms. The Morgan fingerprint density at radius 2 is 1.79 bits per heavy atom. The van der Waals surface area contributed by atoms with Crippen LogP contribution < -0.4 is 0 Å². The molecule has 1 atom stereocenters. The fraction of sp³-hybridized carbons (Fsp3) is 0.500. The van der Waals surface area contributed by atoms with Crippen molar-refractivity contribution in [3.8, 4) is 0 Å². The summed E-state index contributed by atoms with van der Waals surface area (Å²) in [5.74, 6) is -0.385. The zero-order valence-electron chi connectivity index (χ0n) is 17.6. The molecule has 0 saturated carbocycles. The average Bonchev–Trinajstić information content (AvgIpc) is 2.62. The van der Waals surface area contributed by atoms with Gasteiger partial charge in [0, 0.05) is 25.1 Å². The van der Waals surface area contributed by atoms with Crippen molar-refractivity contribution in [1.29, 1.82) is 0 Å². The van der Waals surface area contributed by atoms with Crippen molar-refractivity contribution in [2.75, 3.05) is 25.4 Å². The zero-order valence-corrected chi connectivity index (χ0v) is 18.4. The van der Waals surface area contributed by atoms with Gasteiger partial charge in [0.15, 0.2) is 9.84 Å². The second-order valence-corrected chi connectivity index (χ2v) is 10.4. The summed E-state index contributed by atoms with van der Waals surface area (Å²) < 4.78 is 31.6. The van der Waals surface area contributed by atoms with Crippen LogP contribution in [0, 0.1) is 5.92 Å². The molecule has 0 saturated heterocycles. The maximum atomic E-state index is 13.1. The van der Waals surface area contributed by atoms with Crippen molar-refractivity contribution in [1.82, 2.24) is 4.90 Å². The number of carbonyl (C=O) groups excluding carboxylic acids is 1. The second kappa shape index (κ2) is 9.59. The molecule has 0 aliphatic carbocycles. The minimum absolute atomic E-state index is 0.0536. The molecular weight excluding hydrogens is 390 g/mol. The molecule has 0 aliphatic rings. The van der Waals surface area contributed by atoms with E-state index < -0.39 is 21.5 Å². The Bertz CT molecular complexity index is 928. The van der Waals surface area contributed by atoms with Gasteiger partial charge in [-0.15, -0.1) is 0 Å². The predicted octanol–water partition coefficient (Wildman–Crippen LogP) is 3.87. The van der Waals surface area contributed by atoms with Gasteiger partial charge in [0.1, 0.15) is 5.60 Å². The van der Waals surface area contributed by atoms with Gasteiger partial charge in [-0.2, -0.15) is 0 Å². The smallest absolute Gasteiger partial charge is 0.410 e. The van der Waals surface area contributed by atoms with Gasteiger partial charge in [-0.25, -0.2) is 13.2 Å². The Kier molecular flexibility index (Phi) is 7.66. The summed E-state index contributed by atoms with van der Waals surface area (Å²) in [6.45, 7) is 7.64. The van der Waals surface area contributed by atoms with Crippen LogP contribution >= 0.6 is 0 Å². The van der Waals surface area contributed by atoms with Gasteiger partial charge in [0.2, 0.25) is 0 Å². The van der Waals surface area contributed by atoms with E-state index in [0.29, 0.717) is 23.2 Å². The molecule has 160 valence electrons. The summed E-state index contributed by atoms with van der Waals surface area (Å²) in [4.78, 5) is 14.3. The van der Waals surface area contributed by atoms with E-state index in [-0.39, 0.29) is 24.8 Å². The van der Waals surface area contributed by atoms with Crippen molar-refractivity contribution >= 4 is 26.7 Å². The molecule has 0 radical (unpaired) electrons. The number of ether oxygens (including phenoxy) is 1. The molecule has 29 heavy (non-hydrogen) atoms. The number of carbonyl (C=O) groups is 1. The third-order valence-corrected chi connectivity index (χ3v) is 6.39. The minimum Gasteiger partial charge on any atom is -0.444 e. The predicted molar refractivity (Wildman–Crippen MR) is 115 cm³/mol. The van der Waals surface area contributed by atoms with Crippen LogP contribution in [0.15, 0.2) is 47.4 Å². The van der Waals surface area contributed by atoms with Gasteiger partial charge >= 0.3 is 6.09 Å². The number of hydrogen-bond acceptors (Lipinski definition) is 5. The van der Waals surface area contributed by atoms with Crippen molar-refractivity contribution < 1.29 is 23.1 Å². The van der Waals surface area contributed by atoms with Crippen molar-refractivity contribution in [2.45, 2.75) is 44.6 Å². The first-order valence-corrected chi connectivity index (χ1v) is 11.5. The number of rotatable bonds is 8. The van der Waals surface area contributed by atoms with E-state index in [1.807, 2.05) is 24.3 Å². The first-order valence-electron chi connectivity index (χ1n) is 9.83. The molecule has 0 aromatic heterocycles. The van der Waals surface area contributed by atoms with E-state index in [1.54, 1.807) is 45.9 Å². The van der Waals surface area contributed by atoms with Gasteiger partial charge in [0.05, 0.1) is 10.6 Å². The third-order valence-electron chi connectivity index (χ3n) is 4.36. The average molecular weight is 422 g/mol. The molecule has 0 heterocycles. The Morgan fingerprint density at radius 3 is 2.45 bits per heavy atom. The molecule has 0 fully saturated rings. The molecule has 1 amide bonds. The lowest BCUT2D eigenvalue weighted by Crippen LogP contribution is -2.41. The van der Waals surface area contributed by atoms with Crippen molar-refractivity contribution in [3.05, 3.63) is 42.5 Å². The summed E-state index contributed by atoms with van der Waals surface area (Å²) in [6, 6.07) is 12.6. The highest BCUT2D eigenvalue weighted by molar-refractivity contribution is 7.91. The number of fused-ring (bicyclic) bond motifs is 1. The molecule has 0 bridgehead atoms. The van der Waals surface area contributed by atoms with Gasteiger partial charge in [-0.3, -0.25) is 0 Å². The number of sulfone groups is 1. The second-order valence-electron chi connectivity index (χ2n) is 8.37. The maximum Gasteiger partial charge on any atom is 0.410 e. The number of amides is 1. The summed E-state index contributed by atoms with van der Waals surface area (Å²) in [7, 11) is -3.54. The lowest BCUT2D eigenvalue weighted by molar-refractivity contribution is 0.0219. The molecular formula is C22H31NO5S. The van der Waals surface area contributed by atoms with Crippen molar-refractivity contribution in [3.63, 3.8) is 0 Å². The van der Waals surface area contributed by atoms with Crippen LogP contribution in [0.4, 0.5) is 4.79 Å². The number of hydrogen-bond donors (Lipinski definition) is 1. The summed E-state index contributed by atoms with van der Waals surface area (Å²) in [5, 5.41) is 10.7. The van der Waals surface area contributed by atoms with E-state index in [4.69, 9.17) is 9.84 Å². The molecule has 2 rings (SSSR count). The van der Waals surface area contributed by atoms with Crippen LogP contribution in [0.5, 0.6) is 0 Å². The highest BCUT2D eigenvalue weighted by Crippen LogP contribution is 2.25. The van der Waals surface area contributed by atoms with E-state index in [1.165, 1.54) is 4.90 Å².